The van der Waals surface area contributed by atoms with Crippen LogP contribution in [0, 0.1) is 0 Å². The first-order valence-corrected chi connectivity index (χ1v) is 5.99. The molecule has 15 heavy (non-hydrogen) atoms. The second-order valence-corrected chi connectivity index (χ2v) is 4.88. The number of hydrogen-bond donors (Lipinski definition) is 0. The molecule has 1 unspecified atom stereocenters. The summed E-state index contributed by atoms with van der Waals surface area (Å²) in [6, 6.07) is 3.97. The van der Waals surface area contributed by atoms with Gasteiger partial charge in [-0.3, -0.25) is 4.79 Å². The van der Waals surface area contributed by atoms with E-state index in [2.05, 4.69) is 4.90 Å². The number of thiophene rings is 1. The number of rotatable bonds is 3. The summed E-state index contributed by atoms with van der Waals surface area (Å²) in [4.78, 5) is 15.1. The van der Waals surface area contributed by atoms with Crippen LogP contribution in [0.3, 0.4) is 0 Å². The molecule has 1 aromatic rings. The first kappa shape index (κ1) is 10.8. The Balaban J connectivity index is 1.90. The van der Waals surface area contributed by atoms with Crippen molar-refractivity contribution in [3.63, 3.8) is 0 Å². The van der Waals surface area contributed by atoms with E-state index in [9.17, 15) is 4.79 Å². The lowest BCUT2D eigenvalue weighted by Gasteiger charge is -2.28. The van der Waals surface area contributed by atoms with Crippen molar-refractivity contribution in [3.8, 4) is 0 Å². The number of Topliss-reactive ketones (excluding diaryl/α,β-unsaturated/α-hetero) is 1. The Hall–Kier alpha value is -0.710. The van der Waals surface area contributed by atoms with Crippen molar-refractivity contribution in [1.82, 2.24) is 4.90 Å². The first-order chi connectivity index (χ1) is 7.25. The summed E-state index contributed by atoms with van der Waals surface area (Å²) in [6.45, 7) is 2.31. The van der Waals surface area contributed by atoms with E-state index in [1.54, 1.807) is 11.3 Å². The molecule has 3 nitrogen and oxygen atoms in total. The lowest BCUT2D eigenvalue weighted by atomic mass is 10.1. The van der Waals surface area contributed by atoms with E-state index in [1.807, 2.05) is 24.6 Å². The van der Waals surface area contributed by atoms with Gasteiger partial charge in [0.15, 0.2) is 5.78 Å². The van der Waals surface area contributed by atoms with Crippen molar-refractivity contribution < 1.29 is 9.53 Å². The van der Waals surface area contributed by atoms with Gasteiger partial charge in [0.1, 0.15) is 6.10 Å². The molecule has 1 fully saturated rings. The van der Waals surface area contributed by atoms with Gasteiger partial charge in [-0.1, -0.05) is 6.07 Å². The van der Waals surface area contributed by atoms with Crippen LogP contribution >= 0.6 is 11.3 Å². The smallest absolute Gasteiger partial charge is 0.168 e. The van der Waals surface area contributed by atoms with Gasteiger partial charge in [0.25, 0.3) is 0 Å². The van der Waals surface area contributed by atoms with E-state index in [0.29, 0.717) is 13.0 Å². The van der Waals surface area contributed by atoms with Gasteiger partial charge in [0, 0.05) is 24.4 Å². The van der Waals surface area contributed by atoms with E-state index in [0.717, 1.165) is 18.0 Å². The molecule has 1 aromatic heterocycles. The Morgan fingerprint density at radius 3 is 3.27 bits per heavy atom. The van der Waals surface area contributed by atoms with Gasteiger partial charge in [-0.25, -0.2) is 0 Å². The van der Waals surface area contributed by atoms with Crippen LogP contribution in [-0.2, 0) is 16.0 Å². The van der Waals surface area contributed by atoms with Crippen molar-refractivity contribution >= 4 is 17.1 Å². The molecule has 1 saturated heterocycles. The highest BCUT2D eigenvalue weighted by molar-refractivity contribution is 7.10. The molecule has 0 bridgehead atoms. The summed E-state index contributed by atoms with van der Waals surface area (Å²) in [5.74, 6) is 0.198. The average Bonchev–Trinajstić information content (AvgIpc) is 2.70. The molecule has 2 heterocycles. The second-order valence-electron chi connectivity index (χ2n) is 3.84. The number of nitrogens with zero attached hydrogens (tertiary/aromatic N) is 1. The minimum Gasteiger partial charge on any atom is -0.368 e. The van der Waals surface area contributed by atoms with E-state index in [4.69, 9.17) is 4.74 Å². The van der Waals surface area contributed by atoms with Crippen molar-refractivity contribution in [1.29, 1.82) is 0 Å². The zero-order valence-corrected chi connectivity index (χ0v) is 9.63. The maximum Gasteiger partial charge on any atom is 0.168 e. The number of likely N-dealkylation sites (N-methyl/N-ethyl adjacent to an activating group) is 1. The Bertz CT molecular complexity index is 323. The third-order valence-corrected chi connectivity index (χ3v) is 3.43. The third kappa shape index (κ3) is 2.87. The Morgan fingerprint density at radius 1 is 1.73 bits per heavy atom. The zero-order chi connectivity index (χ0) is 10.7. The SMILES string of the molecule is CN1CCOC(C(=O)Cc2cccs2)C1. The zero-order valence-electron chi connectivity index (χ0n) is 8.81. The van der Waals surface area contributed by atoms with Gasteiger partial charge in [-0.15, -0.1) is 11.3 Å². The summed E-state index contributed by atoms with van der Waals surface area (Å²) < 4.78 is 5.47. The second kappa shape index (κ2) is 4.88. The molecule has 1 aliphatic heterocycles. The Labute approximate surface area is 93.7 Å². The summed E-state index contributed by atoms with van der Waals surface area (Å²) in [5.41, 5.74) is 0. The minimum atomic E-state index is -0.231. The molecule has 0 N–H and O–H groups in total. The van der Waals surface area contributed by atoms with Crippen LogP contribution in [0.15, 0.2) is 17.5 Å². The van der Waals surface area contributed by atoms with Crippen LogP contribution in [0.25, 0.3) is 0 Å². The number of ketones is 1. The number of carbonyl (C=O) groups excluding carboxylic acids is 1. The maximum absolute atomic E-state index is 11.9. The van der Waals surface area contributed by atoms with Gasteiger partial charge in [-0.2, -0.15) is 0 Å². The predicted octanol–water partition coefficient (Wildman–Crippen LogP) is 1.19. The van der Waals surface area contributed by atoms with Gasteiger partial charge in [0.2, 0.25) is 0 Å². The van der Waals surface area contributed by atoms with Crippen molar-refractivity contribution in [2.75, 3.05) is 26.7 Å². The summed E-state index contributed by atoms with van der Waals surface area (Å²) in [5, 5.41) is 2.00. The molecule has 1 aliphatic rings. The molecular weight excluding hydrogens is 210 g/mol. The maximum atomic E-state index is 11.9. The lowest BCUT2D eigenvalue weighted by Crippen LogP contribution is -2.44. The monoisotopic (exact) mass is 225 g/mol. The van der Waals surface area contributed by atoms with E-state index in [1.165, 1.54) is 0 Å². The van der Waals surface area contributed by atoms with Crippen LogP contribution in [-0.4, -0.2) is 43.5 Å². The van der Waals surface area contributed by atoms with E-state index in [-0.39, 0.29) is 11.9 Å². The van der Waals surface area contributed by atoms with E-state index >= 15 is 0 Å². The normalized spacial score (nSPS) is 22.9. The fourth-order valence-corrected chi connectivity index (χ4v) is 2.39. The van der Waals surface area contributed by atoms with Crippen LogP contribution in [0.5, 0.6) is 0 Å². The molecular formula is C11H15NO2S. The molecule has 82 valence electrons. The first-order valence-electron chi connectivity index (χ1n) is 5.11. The summed E-state index contributed by atoms with van der Waals surface area (Å²) in [6.07, 6.45) is 0.279. The topological polar surface area (TPSA) is 29.5 Å². The standard InChI is InChI=1S/C11H15NO2S/c1-12-4-5-14-11(8-12)10(13)7-9-3-2-6-15-9/h2-3,6,11H,4-5,7-8H2,1H3. The highest BCUT2D eigenvalue weighted by atomic mass is 32.1. The minimum absolute atomic E-state index is 0.198. The molecule has 0 aliphatic carbocycles. The van der Waals surface area contributed by atoms with Gasteiger partial charge < -0.3 is 9.64 Å². The molecule has 0 radical (unpaired) electrons. The summed E-state index contributed by atoms with van der Waals surface area (Å²) >= 11 is 1.63. The molecule has 0 amide bonds. The van der Waals surface area contributed by atoms with Gasteiger partial charge in [-0.05, 0) is 18.5 Å². The highest BCUT2D eigenvalue weighted by Gasteiger charge is 2.24. The lowest BCUT2D eigenvalue weighted by molar-refractivity contribution is -0.134. The Kier molecular flexibility index (Phi) is 3.51. The molecule has 1 atom stereocenters. The van der Waals surface area contributed by atoms with Crippen molar-refractivity contribution in [2.24, 2.45) is 0 Å². The molecule has 0 spiro atoms. The molecule has 0 aromatic carbocycles. The van der Waals surface area contributed by atoms with Gasteiger partial charge in [0.05, 0.1) is 6.61 Å². The number of hydrogen-bond acceptors (Lipinski definition) is 4. The van der Waals surface area contributed by atoms with Crippen molar-refractivity contribution in [2.45, 2.75) is 12.5 Å². The number of carbonyl (C=O) groups is 1. The Morgan fingerprint density at radius 2 is 2.60 bits per heavy atom. The summed E-state index contributed by atoms with van der Waals surface area (Å²) in [7, 11) is 2.02. The fourth-order valence-electron chi connectivity index (χ4n) is 1.67. The largest absolute Gasteiger partial charge is 0.368 e. The van der Waals surface area contributed by atoms with E-state index < -0.39 is 0 Å². The number of ether oxygens (including phenoxy) is 1. The molecule has 4 heteroatoms. The average molecular weight is 225 g/mol. The molecule has 2 rings (SSSR count). The molecule has 0 saturated carbocycles. The van der Waals surface area contributed by atoms with Crippen LogP contribution in [0.2, 0.25) is 0 Å². The quantitative estimate of drug-likeness (QED) is 0.774. The van der Waals surface area contributed by atoms with Crippen molar-refractivity contribution in [3.05, 3.63) is 22.4 Å². The third-order valence-electron chi connectivity index (χ3n) is 2.56. The predicted molar refractivity (Wildman–Crippen MR) is 60.3 cm³/mol. The fraction of sp³-hybridized carbons (Fsp3) is 0.545. The van der Waals surface area contributed by atoms with Crippen LogP contribution < -0.4 is 0 Å². The highest BCUT2D eigenvalue weighted by Crippen LogP contribution is 2.13. The van der Waals surface area contributed by atoms with Crippen LogP contribution in [0.4, 0.5) is 0 Å². The number of morpholine rings is 1. The van der Waals surface area contributed by atoms with Gasteiger partial charge >= 0.3 is 0 Å². The van der Waals surface area contributed by atoms with Crippen LogP contribution in [0.1, 0.15) is 4.88 Å².